The second-order valence-corrected chi connectivity index (χ2v) is 8.13. The lowest BCUT2D eigenvalue weighted by molar-refractivity contribution is -0.240. The van der Waals surface area contributed by atoms with Crippen LogP contribution in [0.15, 0.2) is 12.2 Å². The molecule has 3 aliphatic carbocycles. The Kier molecular flexibility index (Phi) is 4.10. The molecule has 0 aromatic heterocycles. The van der Waals surface area contributed by atoms with Crippen molar-refractivity contribution in [1.29, 1.82) is 0 Å². The molecule has 23 heavy (non-hydrogen) atoms. The zero-order valence-corrected chi connectivity index (χ0v) is 14.2. The van der Waals surface area contributed by atoms with Gasteiger partial charge >= 0.3 is 5.97 Å². The number of aliphatic hydroxyl groups excluding tert-OH is 1. The lowest BCUT2D eigenvalue weighted by atomic mass is 9.61. The fourth-order valence-electron chi connectivity index (χ4n) is 5.06. The summed E-state index contributed by atoms with van der Waals surface area (Å²) in [7, 11) is 0. The molecule has 5 heteroatoms. The van der Waals surface area contributed by atoms with Gasteiger partial charge in [-0.3, -0.25) is 0 Å². The summed E-state index contributed by atoms with van der Waals surface area (Å²) in [6, 6.07) is 0. The molecule has 130 valence electrons. The van der Waals surface area contributed by atoms with Crippen molar-refractivity contribution >= 4 is 5.97 Å². The first-order valence-electron chi connectivity index (χ1n) is 8.55. The van der Waals surface area contributed by atoms with Crippen molar-refractivity contribution in [2.75, 3.05) is 6.61 Å². The molecule has 0 heterocycles. The van der Waals surface area contributed by atoms with Crippen LogP contribution < -0.4 is 0 Å². The first-order chi connectivity index (χ1) is 10.6. The standard InChI is InChI=1S/C18H28O5/c1-10(2)16(20)22-9-15(19)23-18-7-13-5-12(14(13)8-18)6-17(4,21)11(18)3/h11-15,19,21H,1,5-9H2,2-4H3. The number of hydrogen-bond acceptors (Lipinski definition) is 5. The minimum atomic E-state index is -1.18. The molecule has 3 aliphatic rings. The second kappa shape index (κ2) is 5.57. The van der Waals surface area contributed by atoms with E-state index in [1.165, 1.54) is 0 Å². The third-order valence-corrected chi connectivity index (χ3v) is 6.48. The van der Waals surface area contributed by atoms with Crippen LogP contribution in [-0.4, -0.2) is 40.3 Å². The summed E-state index contributed by atoms with van der Waals surface area (Å²) in [5.41, 5.74) is -1.03. The third kappa shape index (κ3) is 2.83. The van der Waals surface area contributed by atoms with Gasteiger partial charge in [-0.2, -0.15) is 0 Å². The molecule has 0 amide bonds. The molecule has 0 spiro atoms. The molecule has 0 saturated heterocycles. The first kappa shape index (κ1) is 16.9. The number of hydrogen-bond donors (Lipinski definition) is 2. The van der Waals surface area contributed by atoms with Gasteiger partial charge in [0.25, 0.3) is 0 Å². The van der Waals surface area contributed by atoms with Gasteiger partial charge in [0, 0.05) is 11.5 Å². The highest BCUT2D eigenvalue weighted by Gasteiger charge is 2.63. The number of esters is 1. The normalized spacial score (nSPS) is 45.8. The van der Waals surface area contributed by atoms with Crippen LogP contribution in [0.1, 0.15) is 46.5 Å². The lowest BCUT2D eigenvalue weighted by Gasteiger charge is -2.48. The van der Waals surface area contributed by atoms with Crippen molar-refractivity contribution in [2.45, 2.75) is 63.9 Å². The molecule has 0 aromatic rings. The molecule has 3 rings (SSSR count). The molecule has 7 unspecified atom stereocenters. The highest BCUT2D eigenvalue weighted by molar-refractivity contribution is 5.86. The minimum absolute atomic E-state index is 0.0701. The topological polar surface area (TPSA) is 76.0 Å². The number of aliphatic hydroxyl groups is 2. The van der Waals surface area contributed by atoms with Crippen LogP contribution in [0.25, 0.3) is 0 Å². The quantitative estimate of drug-likeness (QED) is 0.460. The average Bonchev–Trinajstić information content (AvgIpc) is 2.72. The van der Waals surface area contributed by atoms with Crippen LogP contribution in [0.2, 0.25) is 0 Å². The van der Waals surface area contributed by atoms with Gasteiger partial charge in [0.15, 0.2) is 6.29 Å². The third-order valence-electron chi connectivity index (χ3n) is 6.48. The van der Waals surface area contributed by atoms with Gasteiger partial charge in [0.05, 0.1) is 11.2 Å². The maximum absolute atomic E-state index is 11.4. The van der Waals surface area contributed by atoms with E-state index >= 15 is 0 Å². The van der Waals surface area contributed by atoms with Crippen LogP contribution in [0.4, 0.5) is 0 Å². The van der Waals surface area contributed by atoms with Crippen molar-refractivity contribution in [3.8, 4) is 0 Å². The SMILES string of the molecule is C=C(C)C(=O)OCC(O)OC12CC3CC(CC(C)(O)C1C)C3C2. The van der Waals surface area contributed by atoms with Crippen molar-refractivity contribution in [2.24, 2.45) is 23.7 Å². The number of carbonyl (C=O) groups is 1. The minimum Gasteiger partial charge on any atom is -0.457 e. The van der Waals surface area contributed by atoms with Gasteiger partial charge in [-0.15, -0.1) is 0 Å². The summed E-state index contributed by atoms with van der Waals surface area (Å²) in [6.07, 6.45) is 2.54. The molecule has 7 atom stereocenters. The highest BCUT2D eigenvalue weighted by Crippen LogP contribution is 2.64. The van der Waals surface area contributed by atoms with Gasteiger partial charge in [0.2, 0.25) is 0 Å². The first-order valence-corrected chi connectivity index (χ1v) is 8.55. The largest absolute Gasteiger partial charge is 0.457 e. The van der Waals surface area contributed by atoms with E-state index in [2.05, 4.69) is 6.58 Å². The molecule has 5 nitrogen and oxygen atoms in total. The lowest BCUT2D eigenvalue weighted by Crippen LogP contribution is -2.52. The van der Waals surface area contributed by atoms with Crippen LogP contribution in [0.3, 0.4) is 0 Å². The second-order valence-electron chi connectivity index (χ2n) is 8.13. The Bertz CT molecular complexity index is 514. The van der Waals surface area contributed by atoms with Gasteiger partial charge in [-0.1, -0.05) is 13.5 Å². The summed E-state index contributed by atoms with van der Waals surface area (Å²) in [4.78, 5) is 11.4. The molecule has 2 bridgehead atoms. The van der Waals surface area contributed by atoms with Crippen LogP contribution in [-0.2, 0) is 14.3 Å². The van der Waals surface area contributed by atoms with E-state index in [1.807, 2.05) is 13.8 Å². The van der Waals surface area contributed by atoms with Crippen molar-refractivity contribution < 1.29 is 24.5 Å². The molecule has 0 radical (unpaired) electrons. The zero-order valence-electron chi connectivity index (χ0n) is 14.2. The van der Waals surface area contributed by atoms with E-state index in [0.29, 0.717) is 23.3 Å². The summed E-state index contributed by atoms with van der Waals surface area (Å²) < 4.78 is 11.0. The molecular formula is C18H28O5. The maximum Gasteiger partial charge on any atom is 0.333 e. The smallest absolute Gasteiger partial charge is 0.333 e. The van der Waals surface area contributed by atoms with E-state index in [-0.39, 0.29) is 12.5 Å². The molecule has 2 N–H and O–H groups in total. The van der Waals surface area contributed by atoms with Crippen molar-refractivity contribution in [3.05, 3.63) is 12.2 Å². The Morgan fingerprint density at radius 2 is 2.00 bits per heavy atom. The fraction of sp³-hybridized carbons (Fsp3) is 0.833. The number of rotatable bonds is 5. The number of ether oxygens (including phenoxy) is 2. The van der Waals surface area contributed by atoms with E-state index < -0.39 is 23.5 Å². The molecule has 0 aromatic carbocycles. The molecular weight excluding hydrogens is 296 g/mol. The van der Waals surface area contributed by atoms with Gasteiger partial charge in [-0.05, 0) is 57.3 Å². The Hall–Kier alpha value is -0.910. The van der Waals surface area contributed by atoms with Crippen LogP contribution in [0, 0.1) is 23.7 Å². The Labute approximate surface area is 137 Å². The van der Waals surface area contributed by atoms with E-state index in [4.69, 9.17) is 9.47 Å². The van der Waals surface area contributed by atoms with E-state index in [0.717, 1.165) is 25.7 Å². The summed E-state index contributed by atoms with van der Waals surface area (Å²) in [6.45, 7) is 8.76. The fourth-order valence-corrected chi connectivity index (χ4v) is 5.06. The van der Waals surface area contributed by atoms with Gasteiger partial charge < -0.3 is 19.7 Å². The highest BCUT2D eigenvalue weighted by atomic mass is 16.6. The Morgan fingerprint density at radius 1 is 1.35 bits per heavy atom. The predicted molar refractivity (Wildman–Crippen MR) is 84.3 cm³/mol. The Balaban J connectivity index is 1.69. The van der Waals surface area contributed by atoms with Crippen molar-refractivity contribution in [3.63, 3.8) is 0 Å². The molecule has 0 aliphatic heterocycles. The predicted octanol–water partition coefficient (Wildman–Crippen LogP) is 2.02. The zero-order chi connectivity index (χ0) is 17.0. The average molecular weight is 324 g/mol. The van der Waals surface area contributed by atoms with E-state index in [9.17, 15) is 15.0 Å². The summed E-state index contributed by atoms with van der Waals surface area (Å²) >= 11 is 0. The monoisotopic (exact) mass is 324 g/mol. The number of fused-ring (bicyclic) bond motifs is 1. The molecule has 3 fully saturated rings. The van der Waals surface area contributed by atoms with Crippen molar-refractivity contribution in [1.82, 2.24) is 0 Å². The van der Waals surface area contributed by atoms with Crippen LogP contribution >= 0.6 is 0 Å². The Morgan fingerprint density at radius 3 is 2.65 bits per heavy atom. The van der Waals surface area contributed by atoms with E-state index in [1.54, 1.807) is 6.92 Å². The van der Waals surface area contributed by atoms with Gasteiger partial charge in [0.1, 0.15) is 6.61 Å². The number of carbonyl (C=O) groups excluding carboxylic acids is 1. The summed E-state index contributed by atoms with van der Waals surface area (Å²) in [5.74, 6) is 1.21. The molecule has 3 saturated carbocycles. The van der Waals surface area contributed by atoms with Gasteiger partial charge in [-0.25, -0.2) is 4.79 Å². The maximum atomic E-state index is 11.4. The van der Waals surface area contributed by atoms with Crippen LogP contribution in [0.5, 0.6) is 0 Å². The summed E-state index contributed by atoms with van der Waals surface area (Å²) in [5, 5.41) is 21.1.